The van der Waals surface area contributed by atoms with Gasteiger partial charge < -0.3 is 0 Å². The molecular formula is C14H7Cl3F2O. The van der Waals surface area contributed by atoms with Crippen molar-refractivity contribution in [3.05, 3.63) is 68.2 Å². The molecule has 0 fully saturated rings. The van der Waals surface area contributed by atoms with Crippen LogP contribution in [0.15, 0.2) is 30.3 Å². The SMILES string of the molecule is O=C(Cc1ccc(F)cc1F)c1c(Cl)cc(Cl)cc1Cl. The van der Waals surface area contributed by atoms with Crippen LogP contribution in [0, 0.1) is 11.6 Å². The van der Waals surface area contributed by atoms with Crippen molar-refractivity contribution in [2.75, 3.05) is 0 Å². The van der Waals surface area contributed by atoms with Crippen molar-refractivity contribution >= 4 is 40.6 Å². The van der Waals surface area contributed by atoms with Gasteiger partial charge in [-0.1, -0.05) is 40.9 Å². The molecule has 0 amide bonds. The molecule has 0 saturated heterocycles. The van der Waals surface area contributed by atoms with Crippen LogP contribution in [-0.2, 0) is 6.42 Å². The lowest BCUT2D eigenvalue weighted by atomic mass is 10.0. The van der Waals surface area contributed by atoms with E-state index in [1.54, 1.807) is 0 Å². The van der Waals surface area contributed by atoms with Crippen LogP contribution in [0.3, 0.4) is 0 Å². The number of halogens is 5. The first-order chi connectivity index (χ1) is 9.38. The van der Waals surface area contributed by atoms with E-state index in [1.807, 2.05) is 0 Å². The Hall–Kier alpha value is -1.16. The summed E-state index contributed by atoms with van der Waals surface area (Å²) in [4.78, 5) is 12.1. The predicted molar refractivity (Wildman–Crippen MR) is 75.9 cm³/mol. The quantitative estimate of drug-likeness (QED) is 0.691. The van der Waals surface area contributed by atoms with Gasteiger partial charge in [0.05, 0.1) is 15.6 Å². The zero-order valence-corrected chi connectivity index (χ0v) is 12.2. The Kier molecular flexibility index (Phi) is 4.63. The zero-order chi connectivity index (χ0) is 14.9. The van der Waals surface area contributed by atoms with Crippen LogP contribution >= 0.6 is 34.8 Å². The number of carbonyl (C=O) groups is 1. The molecule has 0 aliphatic rings. The fourth-order valence-corrected chi connectivity index (χ4v) is 2.76. The number of Topliss-reactive ketones (excluding diaryl/α,β-unsaturated/α-hetero) is 1. The highest BCUT2D eigenvalue weighted by atomic mass is 35.5. The fourth-order valence-electron chi connectivity index (χ4n) is 1.73. The molecule has 0 aliphatic carbocycles. The van der Waals surface area contributed by atoms with Gasteiger partial charge in [-0.15, -0.1) is 0 Å². The fraction of sp³-hybridized carbons (Fsp3) is 0.0714. The Balaban J connectivity index is 2.33. The molecule has 104 valence electrons. The Morgan fingerprint density at radius 2 is 1.60 bits per heavy atom. The molecule has 0 radical (unpaired) electrons. The Morgan fingerprint density at radius 1 is 1.00 bits per heavy atom. The van der Waals surface area contributed by atoms with E-state index < -0.39 is 17.4 Å². The van der Waals surface area contributed by atoms with E-state index in [2.05, 4.69) is 0 Å². The van der Waals surface area contributed by atoms with Crippen LogP contribution in [0.5, 0.6) is 0 Å². The number of benzene rings is 2. The summed E-state index contributed by atoms with van der Waals surface area (Å²) in [5, 5.41) is 0.481. The summed E-state index contributed by atoms with van der Waals surface area (Å²) in [6, 6.07) is 5.76. The minimum Gasteiger partial charge on any atom is -0.294 e. The molecule has 0 aromatic heterocycles. The second kappa shape index (κ2) is 6.08. The van der Waals surface area contributed by atoms with Crippen LogP contribution in [0.1, 0.15) is 15.9 Å². The zero-order valence-electron chi connectivity index (χ0n) is 9.89. The summed E-state index contributed by atoms with van der Waals surface area (Å²) < 4.78 is 26.3. The number of hydrogen-bond donors (Lipinski definition) is 0. The minimum absolute atomic E-state index is 0.0680. The number of hydrogen-bond acceptors (Lipinski definition) is 1. The molecule has 0 aliphatic heterocycles. The summed E-state index contributed by atoms with van der Waals surface area (Å²) >= 11 is 17.6. The van der Waals surface area contributed by atoms with E-state index in [4.69, 9.17) is 34.8 Å². The van der Waals surface area contributed by atoms with Crippen molar-refractivity contribution in [1.29, 1.82) is 0 Å². The first-order valence-corrected chi connectivity index (χ1v) is 6.63. The molecule has 2 aromatic rings. The molecule has 20 heavy (non-hydrogen) atoms. The summed E-state index contributed by atoms with van der Waals surface area (Å²) in [6.07, 6.45) is -0.271. The number of carbonyl (C=O) groups excluding carboxylic acids is 1. The van der Waals surface area contributed by atoms with E-state index in [0.29, 0.717) is 11.1 Å². The van der Waals surface area contributed by atoms with Gasteiger partial charge in [0.2, 0.25) is 0 Å². The third-order valence-corrected chi connectivity index (χ3v) is 3.47. The van der Waals surface area contributed by atoms with Crippen LogP contribution in [0.2, 0.25) is 15.1 Å². The molecule has 1 nitrogen and oxygen atoms in total. The molecule has 0 heterocycles. The first-order valence-electron chi connectivity index (χ1n) is 5.50. The van der Waals surface area contributed by atoms with Gasteiger partial charge in [0, 0.05) is 17.5 Å². The van der Waals surface area contributed by atoms with Crippen LogP contribution < -0.4 is 0 Å². The van der Waals surface area contributed by atoms with Gasteiger partial charge in [0.25, 0.3) is 0 Å². The normalized spacial score (nSPS) is 10.7. The highest BCUT2D eigenvalue weighted by Crippen LogP contribution is 2.30. The number of rotatable bonds is 3. The first kappa shape index (κ1) is 15.2. The largest absolute Gasteiger partial charge is 0.294 e. The third-order valence-electron chi connectivity index (χ3n) is 2.65. The monoisotopic (exact) mass is 334 g/mol. The van der Waals surface area contributed by atoms with E-state index in [0.717, 1.165) is 6.07 Å². The molecule has 0 bridgehead atoms. The highest BCUT2D eigenvalue weighted by molar-refractivity contribution is 6.42. The molecule has 6 heteroatoms. The Morgan fingerprint density at radius 3 is 2.15 bits per heavy atom. The van der Waals surface area contributed by atoms with Crippen LogP contribution in [-0.4, -0.2) is 5.78 Å². The van der Waals surface area contributed by atoms with Gasteiger partial charge in [-0.2, -0.15) is 0 Å². The van der Waals surface area contributed by atoms with Gasteiger partial charge in [-0.25, -0.2) is 8.78 Å². The standard InChI is InChI=1S/C14H7Cl3F2O/c15-8-4-10(16)14(11(17)5-8)13(20)3-7-1-2-9(18)6-12(7)19/h1-2,4-6H,3H2. The maximum Gasteiger partial charge on any atom is 0.170 e. The summed E-state index contributed by atoms with van der Waals surface area (Å²) in [5.41, 5.74) is 0.139. The lowest BCUT2D eigenvalue weighted by Gasteiger charge is -2.08. The van der Waals surface area contributed by atoms with E-state index in [9.17, 15) is 13.6 Å². The summed E-state index contributed by atoms with van der Waals surface area (Å²) in [5.74, 6) is -1.97. The molecule has 2 rings (SSSR count). The lowest BCUT2D eigenvalue weighted by molar-refractivity contribution is 0.0992. The summed E-state index contributed by atoms with van der Waals surface area (Å²) in [6.45, 7) is 0. The van der Waals surface area contributed by atoms with Gasteiger partial charge in [-0.3, -0.25) is 4.79 Å². The second-order valence-electron chi connectivity index (χ2n) is 4.08. The maximum atomic E-state index is 13.5. The topological polar surface area (TPSA) is 17.1 Å². The van der Waals surface area contributed by atoms with Gasteiger partial charge >= 0.3 is 0 Å². The molecule has 0 spiro atoms. The second-order valence-corrected chi connectivity index (χ2v) is 5.33. The lowest BCUT2D eigenvalue weighted by Crippen LogP contribution is -2.07. The Labute approximate surface area is 129 Å². The maximum absolute atomic E-state index is 13.5. The third kappa shape index (κ3) is 3.29. The molecule has 0 saturated carbocycles. The average molecular weight is 336 g/mol. The van der Waals surface area contributed by atoms with E-state index >= 15 is 0 Å². The smallest absolute Gasteiger partial charge is 0.170 e. The van der Waals surface area contributed by atoms with Crippen molar-refractivity contribution in [2.24, 2.45) is 0 Å². The van der Waals surface area contributed by atoms with Crippen LogP contribution in [0.4, 0.5) is 8.78 Å². The van der Waals surface area contributed by atoms with Gasteiger partial charge in [-0.05, 0) is 23.8 Å². The number of ketones is 1. The molecule has 0 N–H and O–H groups in total. The molecule has 0 atom stereocenters. The highest BCUT2D eigenvalue weighted by Gasteiger charge is 2.18. The van der Waals surface area contributed by atoms with Gasteiger partial charge in [0.1, 0.15) is 11.6 Å². The Bertz CT molecular complexity index is 663. The van der Waals surface area contributed by atoms with Crippen molar-refractivity contribution < 1.29 is 13.6 Å². The average Bonchev–Trinajstić information content (AvgIpc) is 2.31. The van der Waals surface area contributed by atoms with Gasteiger partial charge in [0.15, 0.2) is 5.78 Å². The summed E-state index contributed by atoms with van der Waals surface area (Å²) in [7, 11) is 0. The molecule has 2 aromatic carbocycles. The predicted octanol–water partition coefficient (Wildman–Crippen LogP) is 5.35. The van der Waals surface area contributed by atoms with E-state index in [-0.39, 0.29) is 27.6 Å². The van der Waals surface area contributed by atoms with Crippen molar-refractivity contribution in [3.63, 3.8) is 0 Å². The van der Waals surface area contributed by atoms with Crippen LogP contribution in [0.25, 0.3) is 0 Å². The van der Waals surface area contributed by atoms with Crippen molar-refractivity contribution in [3.8, 4) is 0 Å². The molecule has 0 unspecified atom stereocenters. The minimum atomic E-state index is -0.792. The van der Waals surface area contributed by atoms with Crippen molar-refractivity contribution in [2.45, 2.75) is 6.42 Å². The molecular weight excluding hydrogens is 329 g/mol. The van der Waals surface area contributed by atoms with E-state index in [1.165, 1.54) is 18.2 Å². The van der Waals surface area contributed by atoms with Crippen molar-refractivity contribution in [1.82, 2.24) is 0 Å².